The Morgan fingerprint density at radius 3 is 2.04 bits per heavy atom. The van der Waals surface area contributed by atoms with Gasteiger partial charge in [0.25, 0.3) is 0 Å². The summed E-state index contributed by atoms with van der Waals surface area (Å²) in [6.45, 7) is -1.53. The molecule has 2 rings (SSSR count). The number of esters is 1. The highest BCUT2D eigenvalue weighted by Gasteiger charge is 2.21. The molecule has 0 aromatic heterocycles. The molecule has 0 aliphatic rings. The van der Waals surface area contributed by atoms with Gasteiger partial charge in [-0.25, -0.2) is 4.79 Å². The quantitative estimate of drug-likeness (QED) is 0.513. The molecule has 0 aliphatic heterocycles. The van der Waals surface area contributed by atoms with Crippen LogP contribution in [-0.2, 0) is 4.74 Å². The minimum absolute atomic E-state index is 0.0727. The van der Waals surface area contributed by atoms with Gasteiger partial charge in [-0.3, -0.25) is 4.79 Å². The van der Waals surface area contributed by atoms with Gasteiger partial charge in [0.05, 0.1) is 19.8 Å². The van der Waals surface area contributed by atoms with Crippen LogP contribution < -0.4 is 14.2 Å². The van der Waals surface area contributed by atoms with Crippen molar-refractivity contribution in [1.82, 2.24) is 0 Å². The second-order valence-corrected chi connectivity index (χ2v) is 5.38. The van der Waals surface area contributed by atoms with E-state index >= 15 is 0 Å². The molecule has 0 saturated heterocycles. The average molecular weight is 380 g/mol. The lowest BCUT2D eigenvalue weighted by molar-refractivity contribution is -0.0498. The van der Waals surface area contributed by atoms with Crippen molar-refractivity contribution in [3.05, 3.63) is 53.6 Å². The smallest absolute Gasteiger partial charge is 0.387 e. The molecule has 0 heterocycles. The molecule has 0 unspecified atom stereocenters. The molecule has 2 aromatic carbocycles. The summed E-state index contributed by atoms with van der Waals surface area (Å²) in [5.74, 6) is -0.469. The number of rotatable bonds is 8. The van der Waals surface area contributed by atoms with Crippen molar-refractivity contribution >= 4 is 11.8 Å². The SMILES string of the molecule is COc1ccc(C(=O)O[C@H](C)C(=O)c2ccc(OC(F)F)cc2)cc1OC. The summed E-state index contributed by atoms with van der Waals surface area (Å²) in [4.78, 5) is 24.6. The Morgan fingerprint density at radius 2 is 1.48 bits per heavy atom. The normalized spacial score (nSPS) is 11.6. The zero-order valence-corrected chi connectivity index (χ0v) is 14.9. The standard InChI is InChI=1S/C19H18F2O6/c1-11(17(22)12-4-7-14(8-5-12)27-19(20)21)26-18(23)13-6-9-15(24-2)16(10-13)25-3/h4-11,19H,1-3H3/t11-/m1/s1. The van der Waals surface area contributed by atoms with Gasteiger partial charge in [0.1, 0.15) is 5.75 Å². The number of carbonyl (C=O) groups is 2. The van der Waals surface area contributed by atoms with Crippen molar-refractivity contribution in [1.29, 1.82) is 0 Å². The van der Waals surface area contributed by atoms with Crippen molar-refractivity contribution in [3.8, 4) is 17.2 Å². The van der Waals surface area contributed by atoms with E-state index in [2.05, 4.69) is 4.74 Å². The predicted octanol–water partition coefficient (Wildman–Crippen LogP) is 3.73. The predicted molar refractivity (Wildman–Crippen MR) is 91.8 cm³/mol. The molecule has 0 saturated carbocycles. The summed E-state index contributed by atoms with van der Waals surface area (Å²) in [6, 6.07) is 9.59. The Kier molecular flexibility index (Phi) is 6.70. The van der Waals surface area contributed by atoms with Crippen molar-refractivity contribution in [3.63, 3.8) is 0 Å². The maximum atomic E-state index is 12.4. The molecule has 6 nitrogen and oxygen atoms in total. The van der Waals surface area contributed by atoms with Crippen LogP contribution in [0.4, 0.5) is 8.78 Å². The maximum Gasteiger partial charge on any atom is 0.387 e. The Bertz CT molecular complexity index is 804. The first-order chi connectivity index (χ1) is 12.8. The van der Waals surface area contributed by atoms with Gasteiger partial charge >= 0.3 is 12.6 Å². The Labute approximate surface area is 154 Å². The van der Waals surface area contributed by atoms with E-state index in [0.29, 0.717) is 11.5 Å². The van der Waals surface area contributed by atoms with Crippen LogP contribution in [0.15, 0.2) is 42.5 Å². The molecule has 27 heavy (non-hydrogen) atoms. The monoisotopic (exact) mass is 380 g/mol. The minimum atomic E-state index is -2.95. The molecule has 0 radical (unpaired) electrons. The summed E-state index contributed by atoms with van der Waals surface area (Å²) < 4.78 is 43.9. The fraction of sp³-hybridized carbons (Fsp3) is 0.263. The zero-order valence-electron chi connectivity index (χ0n) is 14.9. The molecule has 0 bridgehead atoms. The van der Waals surface area contributed by atoms with Crippen LogP contribution in [-0.4, -0.2) is 38.7 Å². The van der Waals surface area contributed by atoms with Gasteiger partial charge < -0.3 is 18.9 Å². The highest BCUT2D eigenvalue weighted by atomic mass is 19.3. The van der Waals surface area contributed by atoms with Gasteiger partial charge in [0.2, 0.25) is 5.78 Å². The van der Waals surface area contributed by atoms with Gasteiger partial charge in [-0.05, 0) is 49.4 Å². The number of hydrogen-bond acceptors (Lipinski definition) is 6. The molecule has 0 spiro atoms. The fourth-order valence-electron chi connectivity index (χ4n) is 2.28. The largest absolute Gasteiger partial charge is 0.493 e. The van der Waals surface area contributed by atoms with Crippen molar-refractivity contribution < 1.29 is 37.3 Å². The summed E-state index contributed by atoms with van der Waals surface area (Å²) in [6.07, 6.45) is -1.08. The Morgan fingerprint density at radius 1 is 0.889 bits per heavy atom. The third-order valence-corrected chi connectivity index (χ3v) is 3.64. The van der Waals surface area contributed by atoms with Crippen molar-refractivity contribution in [2.24, 2.45) is 0 Å². The van der Waals surface area contributed by atoms with Crippen molar-refractivity contribution in [2.75, 3.05) is 14.2 Å². The maximum absolute atomic E-state index is 12.4. The van der Waals surface area contributed by atoms with E-state index in [1.807, 2.05) is 0 Å². The molecule has 2 aromatic rings. The molecule has 144 valence electrons. The molecular formula is C19H18F2O6. The van der Waals surface area contributed by atoms with Crippen LogP contribution in [0.25, 0.3) is 0 Å². The number of ether oxygens (including phenoxy) is 4. The summed E-state index contributed by atoms with van der Waals surface area (Å²) in [7, 11) is 2.90. The third-order valence-electron chi connectivity index (χ3n) is 3.64. The van der Waals surface area contributed by atoms with Gasteiger partial charge in [0, 0.05) is 5.56 Å². The van der Waals surface area contributed by atoms with E-state index in [-0.39, 0.29) is 16.9 Å². The number of carbonyl (C=O) groups excluding carboxylic acids is 2. The topological polar surface area (TPSA) is 71.1 Å². The third kappa shape index (κ3) is 5.16. The fourth-order valence-corrected chi connectivity index (χ4v) is 2.28. The van der Waals surface area contributed by atoms with Gasteiger partial charge in [-0.2, -0.15) is 8.78 Å². The molecule has 1 atom stereocenters. The zero-order chi connectivity index (χ0) is 20.0. The second kappa shape index (κ2) is 8.98. The second-order valence-electron chi connectivity index (χ2n) is 5.38. The van der Waals surface area contributed by atoms with E-state index in [1.165, 1.54) is 57.5 Å². The number of alkyl halides is 2. The van der Waals surface area contributed by atoms with E-state index < -0.39 is 24.5 Å². The molecule has 0 N–H and O–H groups in total. The number of Topliss-reactive ketones (excluding diaryl/α,β-unsaturated/α-hetero) is 1. The first-order valence-electron chi connectivity index (χ1n) is 7.87. The van der Waals surface area contributed by atoms with Gasteiger partial charge in [-0.1, -0.05) is 0 Å². The van der Waals surface area contributed by atoms with Crippen molar-refractivity contribution in [2.45, 2.75) is 19.6 Å². The molecule has 0 fully saturated rings. The van der Waals surface area contributed by atoms with Crippen LogP contribution in [0.1, 0.15) is 27.6 Å². The number of benzene rings is 2. The highest BCUT2D eigenvalue weighted by Crippen LogP contribution is 2.28. The first-order valence-corrected chi connectivity index (χ1v) is 7.87. The lowest BCUT2D eigenvalue weighted by Crippen LogP contribution is -2.24. The van der Waals surface area contributed by atoms with Crippen LogP contribution in [0.3, 0.4) is 0 Å². The van der Waals surface area contributed by atoms with E-state index in [0.717, 1.165) is 0 Å². The van der Waals surface area contributed by atoms with E-state index in [4.69, 9.17) is 14.2 Å². The number of methoxy groups -OCH3 is 2. The molecule has 8 heteroatoms. The number of halogens is 2. The average Bonchev–Trinajstić information content (AvgIpc) is 2.66. The van der Waals surface area contributed by atoms with Crippen LogP contribution in [0, 0.1) is 0 Å². The summed E-state index contributed by atoms with van der Waals surface area (Å²) >= 11 is 0. The number of ketones is 1. The summed E-state index contributed by atoms with van der Waals surface area (Å²) in [5.41, 5.74) is 0.386. The molecular weight excluding hydrogens is 362 g/mol. The van der Waals surface area contributed by atoms with E-state index in [1.54, 1.807) is 6.07 Å². The Hall–Kier alpha value is -3.16. The number of hydrogen-bond donors (Lipinski definition) is 0. The molecule has 0 amide bonds. The lowest BCUT2D eigenvalue weighted by atomic mass is 10.1. The highest BCUT2D eigenvalue weighted by molar-refractivity contribution is 6.01. The van der Waals surface area contributed by atoms with Gasteiger partial charge in [0.15, 0.2) is 17.6 Å². The van der Waals surface area contributed by atoms with Crippen LogP contribution in [0.5, 0.6) is 17.2 Å². The van der Waals surface area contributed by atoms with E-state index in [9.17, 15) is 18.4 Å². The first kappa shape index (κ1) is 20.2. The summed E-state index contributed by atoms with van der Waals surface area (Å²) in [5, 5.41) is 0. The molecule has 0 aliphatic carbocycles. The Balaban J connectivity index is 2.06. The lowest BCUT2D eigenvalue weighted by Gasteiger charge is -2.14. The minimum Gasteiger partial charge on any atom is -0.493 e. The van der Waals surface area contributed by atoms with Crippen LogP contribution >= 0.6 is 0 Å². The van der Waals surface area contributed by atoms with Gasteiger partial charge in [-0.15, -0.1) is 0 Å². The van der Waals surface area contributed by atoms with Crippen LogP contribution in [0.2, 0.25) is 0 Å².